The maximum absolute atomic E-state index is 13.1. The van der Waals surface area contributed by atoms with Gasteiger partial charge in [0, 0.05) is 88.8 Å². The van der Waals surface area contributed by atoms with E-state index < -0.39 is 11.5 Å². The van der Waals surface area contributed by atoms with Crippen LogP contribution in [0.2, 0.25) is 5.02 Å². The van der Waals surface area contributed by atoms with E-state index in [1.165, 1.54) is 0 Å². The monoisotopic (exact) mass is 653 g/mol. The van der Waals surface area contributed by atoms with Crippen LogP contribution in [0.3, 0.4) is 0 Å². The van der Waals surface area contributed by atoms with Crippen LogP contribution in [0.5, 0.6) is 0 Å². The number of carbonyl (C=O) groups excluding carboxylic acids is 2. The number of nitrogens with zero attached hydrogens (tertiary/aromatic N) is 4. The molecule has 0 spiro atoms. The van der Waals surface area contributed by atoms with Crippen LogP contribution in [0.25, 0.3) is 32.8 Å². The summed E-state index contributed by atoms with van der Waals surface area (Å²) in [6, 6.07) is 16.9. The Balaban J connectivity index is 1.13. The van der Waals surface area contributed by atoms with Crippen LogP contribution in [0.4, 0.5) is 10.6 Å². The number of benzene rings is 2. The number of hydrogen-bond acceptors (Lipinski definition) is 8. The molecule has 0 aliphatic heterocycles. The van der Waals surface area contributed by atoms with Crippen LogP contribution in [0.1, 0.15) is 49.5 Å². The van der Waals surface area contributed by atoms with Crippen molar-refractivity contribution in [3.63, 3.8) is 0 Å². The van der Waals surface area contributed by atoms with Gasteiger partial charge in [-0.25, -0.2) is 9.78 Å². The van der Waals surface area contributed by atoms with Gasteiger partial charge in [-0.1, -0.05) is 35.9 Å². The molecule has 0 atom stereocenters. The van der Waals surface area contributed by atoms with Gasteiger partial charge in [-0.2, -0.15) is 0 Å². The van der Waals surface area contributed by atoms with Crippen molar-refractivity contribution < 1.29 is 14.3 Å². The van der Waals surface area contributed by atoms with Crippen molar-refractivity contribution in [1.82, 2.24) is 25.2 Å². The molecule has 5 rings (SSSR count). The summed E-state index contributed by atoms with van der Waals surface area (Å²) in [5.74, 6) is 0.229. The molecule has 0 saturated carbocycles. The van der Waals surface area contributed by atoms with Crippen molar-refractivity contribution in [1.29, 1.82) is 0 Å². The summed E-state index contributed by atoms with van der Waals surface area (Å²) in [6.45, 7) is 8.68. The predicted molar refractivity (Wildman–Crippen MR) is 187 cm³/mol. The second kappa shape index (κ2) is 15.2. The SMILES string of the molecule is CC(C)(C)OC(=O)N(CCCCNCCNc1nc2cc(C(N)=O)ccc2c2cnccc12)Cc1ccc(-c2cccnc2)c(Cl)c1. The predicted octanol–water partition coefficient (Wildman–Crippen LogP) is 6.82. The van der Waals surface area contributed by atoms with Gasteiger partial charge in [0.15, 0.2) is 0 Å². The average Bonchev–Trinajstić information content (AvgIpc) is 3.04. The Kier molecular flexibility index (Phi) is 10.8. The number of amides is 2. The fourth-order valence-electron chi connectivity index (χ4n) is 5.28. The maximum Gasteiger partial charge on any atom is 0.410 e. The number of halogens is 1. The Hall–Kier alpha value is -4.80. The van der Waals surface area contributed by atoms with Gasteiger partial charge in [-0.3, -0.25) is 14.8 Å². The summed E-state index contributed by atoms with van der Waals surface area (Å²) < 4.78 is 5.71. The van der Waals surface area contributed by atoms with E-state index in [1.54, 1.807) is 41.8 Å². The second-order valence-electron chi connectivity index (χ2n) is 12.3. The molecule has 5 aromatic rings. The van der Waals surface area contributed by atoms with Crippen molar-refractivity contribution in [3.05, 3.63) is 95.5 Å². The Morgan fingerprint density at radius 2 is 1.74 bits per heavy atom. The van der Waals surface area contributed by atoms with Gasteiger partial charge in [-0.15, -0.1) is 0 Å². The molecule has 0 bridgehead atoms. The molecular formula is C36H40ClN7O3. The van der Waals surface area contributed by atoms with Crippen molar-refractivity contribution in [2.24, 2.45) is 5.73 Å². The summed E-state index contributed by atoms with van der Waals surface area (Å²) in [4.78, 5) is 39.8. The van der Waals surface area contributed by atoms with Gasteiger partial charge in [0.2, 0.25) is 5.91 Å². The molecule has 0 fully saturated rings. The number of pyridine rings is 3. The van der Waals surface area contributed by atoms with E-state index in [4.69, 9.17) is 27.1 Å². The maximum atomic E-state index is 13.1. The first kappa shape index (κ1) is 33.6. The molecule has 0 aliphatic carbocycles. The van der Waals surface area contributed by atoms with Crippen molar-refractivity contribution in [2.75, 3.05) is 31.5 Å². The van der Waals surface area contributed by atoms with Gasteiger partial charge in [0.25, 0.3) is 0 Å². The topological polar surface area (TPSA) is 135 Å². The minimum absolute atomic E-state index is 0.352. The quantitative estimate of drug-likeness (QED) is 0.0931. The highest BCUT2D eigenvalue weighted by Gasteiger charge is 2.22. The molecule has 47 heavy (non-hydrogen) atoms. The number of nitrogens with one attached hydrogen (secondary N) is 2. The molecule has 0 unspecified atom stereocenters. The van der Waals surface area contributed by atoms with E-state index in [0.29, 0.717) is 42.3 Å². The van der Waals surface area contributed by atoms with Crippen LogP contribution in [-0.2, 0) is 11.3 Å². The number of nitrogens with two attached hydrogens (primary N) is 1. The number of ether oxygens (including phenoxy) is 1. The van der Waals surface area contributed by atoms with E-state index >= 15 is 0 Å². The standard InChI is InChI=1S/C36H40ClN7O3/c1-36(2,3)47-35(46)44(23-24-8-10-27(31(37)19-24)26-7-6-14-40-21-26)18-5-4-13-39-16-17-42-34-29-12-15-41-22-30(29)28-11-9-25(33(38)45)20-32(28)43-34/h6-12,14-15,19-22,39H,4-5,13,16-18,23H2,1-3H3,(H2,38,45)(H,42,43). The number of anilines is 1. The summed E-state index contributed by atoms with van der Waals surface area (Å²) in [6.07, 6.45) is 8.37. The summed E-state index contributed by atoms with van der Waals surface area (Å²) in [5.41, 5.74) is 8.74. The fourth-order valence-corrected chi connectivity index (χ4v) is 5.59. The van der Waals surface area contributed by atoms with Crippen molar-refractivity contribution in [2.45, 2.75) is 45.8 Å². The van der Waals surface area contributed by atoms with Crippen LogP contribution >= 0.6 is 11.6 Å². The zero-order valence-corrected chi connectivity index (χ0v) is 27.7. The van der Waals surface area contributed by atoms with Gasteiger partial charge < -0.3 is 26.0 Å². The molecule has 244 valence electrons. The van der Waals surface area contributed by atoms with Gasteiger partial charge in [0.1, 0.15) is 11.4 Å². The largest absolute Gasteiger partial charge is 0.444 e. The first-order valence-corrected chi connectivity index (χ1v) is 16.1. The number of fused-ring (bicyclic) bond motifs is 3. The molecule has 3 aromatic heterocycles. The highest BCUT2D eigenvalue weighted by molar-refractivity contribution is 6.33. The van der Waals surface area contributed by atoms with Crippen LogP contribution in [0.15, 0.2) is 79.4 Å². The number of unbranched alkanes of at least 4 members (excludes halogenated alkanes) is 1. The summed E-state index contributed by atoms with van der Waals surface area (Å²) in [5, 5.41) is 10.3. The molecule has 2 aromatic carbocycles. The Morgan fingerprint density at radius 1 is 0.915 bits per heavy atom. The van der Waals surface area contributed by atoms with E-state index in [0.717, 1.165) is 58.1 Å². The zero-order chi connectivity index (χ0) is 33.4. The first-order chi connectivity index (χ1) is 22.6. The van der Waals surface area contributed by atoms with Gasteiger partial charge in [0.05, 0.1) is 5.52 Å². The lowest BCUT2D eigenvalue weighted by molar-refractivity contribution is 0.0230. The molecule has 2 amide bonds. The number of primary amides is 1. The van der Waals surface area contributed by atoms with Crippen LogP contribution < -0.4 is 16.4 Å². The Labute approximate surface area is 279 Å². The van der Waals surface area contributed by atoms with E-state index in [9.17, 15) is 9.59 Å². The lowest BCUT2D eigenvalue weighted by Crippen LogP contribution is -2.37. The number of aromatic nitrogens is 3. The third kappa shape index (κ3) is 8.93. The lowest BCUT2D eigenvalue weighted by atomic mass is 10.1. The number of hydrogen-bond donors (Lipinski definition) is 3. The molecule has 3 heterocycles. The lowest BCUT2D eigenvalue weighted by Gasteiger charge is -2.27. The Bertz CT molecular complexity index is 1860. The van der Waals surface area contributed by atoms with Crippen LogP contribution in [-0.4, -0.2) is 63.6 Å². The molecule has 10 nitrogen and oxygen atoms in total. The fraction of sp³-hybridized carbons (Fsp3) is 0.306. The third-order valence-corrected chi connectivity index (χ3v) is 7.85. The molecule has 4 N–H and O–H groups in total. The minimum atomic E-state index is -0.600. The summed E-state index contributed by atoms with van der Waals surface area (Å²) >= 11 is 6.63. The van der Waals surface area contributed by atoms with Crippen LogP contribution in [0, 0.1) is 0 Å². The number of carbonyl (C=O) groups is 2. The molecule has 0 radical (unpaired) electrons. The van der Waals surface area contributed by atoms with E-state index in [1.807, 2.05) is 63.2 Å². The number of rotatable bonds is 13. The molecule has 0 saturated heterocycles. The molecule has 0 aliphatic rings. The molecular weight excluding hydrogens is 614 g/mol. The second-order valence-corrected chi connectivity index (χ2v) is 12.7. The smallest absolute Gasteiger partial charge is 0.410 e. The highest BCUT2D eigenvalue weighted by atomic mass is 35.5. The summed E-state index contributed by atoms with van der Waals surface area (Å²) in [7, 11) is 0. The Morgan fingerprint density at radius 3 is 2.49 bits per heavy atom. The van der Waals surface area contributed by atoms with Gasteiger partial charge >= 0.3 is 6.09 Å². The first-order valence-electron chi connectivity index (χ1n) is 15.7. The minimum Gasteiger partial charge on any atom is -0.444 e. The van der Waals surface area contributed by atoms with E-state index in [2.05, 4.69) is 20.6 Å². The zero-order valence-electron chi connectivity index (χ0n) is 26.9. The molecule has 11 heteroatoms. The third-order valence-electron chi connectivity index (χ3n) is 7.54. The van der Waals surface area contributed by atoms with Crippen molar-refractivity contribution in [3.8, 4) is 11.1 Å². The van der Waals surface area contributed by atoms with E-state index in [-0.39, 0.29) is 6.09 Å². The van der Waals surface area contributed by atoms with Crippen molar-refractivity contribution >= 4 is 51.1 Å². The average molecular weight is 654 g/mol. The van der Waals surface area contributed by atoms with Gasteiger partial charge in [-0.05, 0) is 76.1 Å². The normalized spacial score (nSPS) is 11.5. The highest BCUT2D eigenvalue weighted by Crippen LogP contribution is 2.30.